The van der Waals surface area contributed by atoms with Gasteiger partial charge in [-0.15, -0.1) is 0 Å². The molecule has 3 aromatic rings. The number of nitrogens with zero attached hydrogens (tertiary/aromatic N) is 2. The van der Waals surface area contributed by atoms with E-state index in [1.807, 2.05) is 18.2 Å². The summed E-state index contributed by atoms with van der Waals surface area (Å²) >= 11 is 0. The number of hydrogen-bond acceptors (Lipinski definition) is 5. The first-order valence-electron chi connectivity index (χ1n) is 10.0. The number of rotatable bonds is 6. The molecule has 6 heteroatoms. The van der Waals surface area contributed by atoms with Gasteiger partial charge in [0.05, 0.1) is 0 Å². The molecule has 1 atom stereocenters. The number of fused-ring (bicyclic) bond motifs is 1. The summed E-state index contributed by atoms with van der Waals surface area (Å²) in [6.45, 7) is 6.71. The smallest absolute Gasteiger partial charge is 0.248 e. The average Bonchev–Trinajstić information content (AvgIpc) is 2.73. The number of ether oxygens (including phenoxy) is 1. The lowest BCUT2D eigenvalue weighted by molar-refractivity contribution is 0.0663. The summed E-state index contributed by atoms with van der Waals surface area (Å²) in [4.78, 5) is 18.8. The van der Waals surface area contributed by atoms with Crippen molar-refractivity contribution in [2.24, 2.45) is 0 Å². The van der Waals surface area contributed by atoms with Gasteiger partial charge in [-0.2, -0.15) is 0 Å². The predicted molar refractivity (Wildman–Crippen MR) is 116 cm³/mol. The van der Waals surface area contributed by atoms with Crippen molar-refractivity contribution >= 4 is 16.6 Å². The molecule has 1 aliphatic heterocycles. The van der Waals surface area contributed by atoms with E-state index in [1.165, 1.54) is 17.3 Å². The van der Waals surface area contributed by atoms with E-state index in [1.54, 1.807) is 6.07 Å². The summed E-state index contributed by atoms with van der Waals surface area (Å²) in [6, 6.07) is 17.4. The highest BCUT2D eigenvalue weighted by Gasteiger charge is 2.19. The van der Waals surface area contributed by atoms with Crippen LogP contribution in [0.25, 0.3) is 10.9 Å². The van der Waals surface area contributed by atoms with Crippen LogP contribution in [-0.2, 0) is 0 Å². The number of aliphatic hydroxyl groups excluding tert-OH is 1. The Morgan fingerprint density at radius 1 is 1.03 bits per heavy atom. The van der Waals surface area contributed by atoms with Crippen LogP contribution < -0.4 is 15.2 Å². The molecule has 6 nitrogen and oxygen atoms in total. The first kappa shape index (κ1) is 19.5. The summed E-state index contributed by atoms with van der Waals surface area (Å²) in [5.74, 6) is 0.688. The number of nitrogens with one attached hydrogen (secondary N) is 1. The van der Waals surface area contributed by atoms with E-state index in [-0.39, 0.29) is 12.2 Å². The molecule has 1 unspecified atom stereocenters. The number of pyridine rings is 1. The molecule has 2 heterocycles. The minimum atomic E-state index is -0.549. The highest BCUT2D eigenvalue weighted by molar-refractivity contribution is 5.79. The van der Waals surface area contributed by atoms with Crippen LogP contribution >= 0.6 is 0 Å². The van der Waals surface area contributed by atoms with E-state index in [0.717, 1.165) is 37.1 Å². The Labute approximate surface area is 170 Å². The van der Waals surface area contributed by atoms with E-state index in [2.05, 4.69) is 46.0 Å². The van der Waals surface area contributed by atoms with E-state index in [9.17, 15) is 9.90 Å². The Morgan fingerprint density at radius 3 is 2.55 bits per heavy atom. The number of benzene rings is 2. The molecule has 0 radical (unpaired) electrons. The molecule has 0 bridgehead atoms. The number of anilines is 1. The lowest BCUT2D eigenvalue weighted by Crippen LogP contribution is -2.49. The molecule has 29 heavy (non-hydrogen) atoms. The minimum absolute atomic E-state index is 0.121. The van der Waals surface area contributed by atoms with Gasteiger partial charge in [0.2, 0.25) is 5.56 Å². The minimum Gasteiger partial charge on any atom is -0.491 e. The monoisotopic (exact) mass is 393 g/mol. The molecular formula is C23H27N3O3. The van der Waals surface area contributed by atoms with Crippen molar-refractivity contribution in [3.05, 3.63) is 70.5 Å². The molecule has 0 spiro atoms. The van der Waals surface area contributed by atoms with Crippen molar-refractivity contribution in [3.63, 3.8) is 0 Å². The first-order valence-corrected chi connectivity index (χ1v) is 10.0. The maximum Gasteiger partial charge on any atom is 0.248 e. The number of H-pyrrole nitrogens is 1. The second kappa shape index (κ2) is 8.68. The Morgan fingerprint density at radius 2 is 1.79 bits per heavy atom. The third-order valence-electron chi connectivity index (χ3n) is 5.38. The molecule has 4 rings (SSSR count). The highest BCUT2D eigenvalue weighted by Crippen LogP contribution is 2.19. The maximum atomic E-state index is 11.4. The van der Waals surface area contributed by atoms with Gasteiger partial charge in [0, 0.05) is 55.4 Å². The van der Waals surface area contributed by atoms with E-state index >= 15 is 0 Å². The van der Waals surface area contributed by atoms with Crippen molar-refractivity contribution in [2.75, 3.05) is 44.2 Å². The van der Waals surface area contributed by atoms with E-state index in [0.29, 0.717) is 12.3 Å². The molecule has 2 N–H and O–H groups in total. The zero-order valence-corrected chi connectivity index (χ0v) is 16.7. The number of aryl methyl sites for hydroxylation is 1. The summed E-state index contributed by atoms with van der Waals surface area (Å²) in [5, 5.41) is 11.3. The van der Waals surface area contributed by atoms with Crippen LogP contribution in [0.2, 0.25) is 0 Å². The number of aliphatic hydroxyl groups is 1. The van der Waals surface area contributed by atoms with Gasteiger partial charge in [0.25, 0.3) is 0 Å². The Hall–Kier alpha value is -2.83. The first-order chi connectivity index (χ1) is 14.1. The maximum absolute atomic E-state index is 11.4. The summed E-state index contributed by atoms with van der Waals surface area (Å²) in [6.07, 6.45) is -0.549. The fourth-order valence-electron chi connectivity index (χ4n) is 3.71. The highest BCUT2D eigenvalue weighted by atomic mass is 16.5. The van der Waals surface area contributed by atoms with E-state index in [4.69, 9.17) is 4.74 Å². The van der Waals surface area contributed by atoms with Gasteiger partial charge in [-0.25, -0.2) is 0 Å². The van der Waals surface area contributed by atoms with Gasteiger partial charge in [-0.3, -0.25) is 9.69 Å². The lowest BCUT2D eigenvalue weighted by Gasteiger charge is -2.36. The Balaban J connectivity index is 1.25. The molecule has 152 valence electrons. The van der Waals surface area contributed by atoms with Crippen LogP contribution in [0.1, 0.15) is 5.56 Å². The second-order valence-electron chi connectivity index (χ2n) is 7.66. The van der Waals surface area contributed by atoms with Gasteiger partial charge in [-0.05, 0) is 43.3 Å². The van der Waals surface area contributed by atoms with Crippen LogP contribution in [0, 0.1) is 6.92 Å². The van der Waals surface area contributed by atoms with Gasteiger partial charge in [0.15, 0.2) is 0 Å². The lowest BCUT2D eigenvalue weighted by atomic mass is 10.2. The van der Waals surface area contributed by atoms with Crippen LogP contribution in [0.15, 0.2) is 59.4 Å². The average molecular weight is 393 g/mol. The van der Waals surface area contributed by atoms with Crippen LogP contribution in [0.4, 0.5) is 5.69 Å². The van der Waals surface area contributed by atoms with Crippen molar-refractivity contribution in [1.29, 1.82) is 0 Å². The standard InChI is InChI=1S/C23H27N3O3/c1-17-2-5-19(6-3-17)26-12-10-25(11-13-26)15-20(27)16-29-21-7-8-22-18(14-21)4-9-23(28)24-22/h2-9,14,20,27H,10-13,15-16H2,1H3,(H,24,28). The zero-order valence-electron chi connectivity index (χ0n) is 16.7. The molecule has 0 saturated carbocycles. The Bertz CT molecular complexity index is 1010. The Kier molecular flexibility index (Phi) is 5.83. The van der Waals surface area contributed by atoms with Crippen LogP contribution in [0.5, 0.6) is 5.75 Å². The predicted octanol–water partition coefficient (Wildman–Crippen LogP) is 2.40. The number of hydrogen-bond donors (Lipinski definition) is 2. The van der Waals surface area contributed by atoms with Crippen molar-refractivity contribution < 1.29 is 9.84 Å². The molecular weight excluding hydrogens is 366 g/mol. The summed E-state index contributed by atoms with van der Waals surface area (Å²) in [7, 11) is 0. The van der Waals surface area contributed by atoms with Gasteiger partial charge in [-0.1, -0.05) is 17.7 Å². The molecule has 0 aliphatic carbocycles. The summed E-state index contributed by atoms with van der Waals surface area (Å²) < 4.78 is 5.77. The van der Waals surface area contributed by atoms with Crippen molar-refractivity contribution in [2.45, 2.75) is 13.0 Å². The van der Waals surface area contributed by atoms with Gasteiger partial charge in [0.1, 0.15) is 18.5 Å². The van der Waals surface area contributed by atoms with Crippen LogP contribution in [-0.4, -0.2) is 60.4 Å². The molecule has 2 aromatic carbocycles. The van der Waals surface area contributed by atoms with E-state index < -0.39 is 6.10 Å². The molecule has 1 aliphatic rings. The molecule has 1 aromatic heterocycles. The number of β-amino-alcohol motifs (C(OH)–C–C–N with tert-alkyl or cyclic N) is 1. The molecule has 0 amide bonds. The van der Waals surface area contributed by atoms with Gasteiger partial charge >= 0.3 is 0 Å². The third-order valence-corrected chi connectivity index (χ3v) is 5.38. The zero-order chi connectivity index (χ0) is 20.2. The quantitative estimate of drug-likeness (QED) is 0.673. The molecule has 1 fully saturated rings. The number of aromatic nitrogens is 1. The fraction of sp³-hybridized carbons (Fsp3) is 0.348. The normalized spacial score (nSPS) is 16.1. The van der Waals surface area contributed by atoms with Crippen molar-refractivity contribution in [3.8, 4) is 5.75 Å². The third kappa shape index (κ3) is 4.96. The fourth-order valence-corrected chi connectivity index (χ4v) is 3.71. The number of piperazine rings is 1. The SMILES string of the molecule is Cc1ccc(N2CCN(CC(O)COc3ccc4[nH]c(=O)ccc4c3)CC2)cc1. The van der Waals surface area contributed by atoms with Crippen molar-refractivity contribution in [1.82, 2.24) is 9.88 Å². The largest absolute Gasteiger partial charge is 0.491 e. The van der Waals surface area contributed by atoms with Gasteiger partial charge < -0.3 is 19.7 Å². The second-order valence-corrected chi connectivity index (χ2v) is 7.66. The topological polar surface area (TPSA) is 68.8 Å². The summed E-state index contributed by atoms with van der Waals surface area (Å²) in [5.41, 5.74) is 3.19. The number of aromatic amines is 1. The van der Waals surface area contributed by atoms with Crippen LogP contribution in [0.3, 0.4) is 0 Å². The molecule has 1 saturated heterocycles.